The van der Waals surface area contributed by atoms with Crippen molar-refractivity contribution in [3.8, 4) is 5.75 Å². The van der Waals surface area contributed by atoms with Crippen LogP contribution in [0.5, 0.6) is 5.75 Å². The number of carbonyl (C=O) groups is 1. The molecule has 0 saturated carbocycles. The quantitative estimate of drug-likeness (QED) is 0.741. The highest BCUT2D eigenvalue weighted by atomic mass is 35.5. The Hall–Kier alpha value is -1.98. The zero-order valence-electron chi connectivity index (χ0n) is 13.3. The lowest BCUT2D eigenvalue weighted by Crippen LogP contribution is -2.36. The molecule has 1 heterocycles. The van der Waals surface area contributed by atoms with Gasteiger partial charge in [0.1, 0.15) is 17.3 Å². The summed E-state index contributed by atoms with van der Waals surface area (Å²) in [5.41, 5.74) is 0. The van der Waals surface area contributed by atoms with E-state index in [4.69, 9.17) is 25.5 Å². The number of aryl methyl sites for hydroxylation is 1. The van der Waals surface area contributed by atoms with Crippen LogP contribution >= 0.6 is 11.6 Å². The van der Waals surface area contributed by atoms with Crippen molar-refractivity contribution >= 4 is 17.5 Å². The molecule has 1 aromatic carbocycles. The topological polar surface area (TPSA) is 51.9 Å². The lowest BCUT2D eigenvalue weighted by Gasteiger charge is -2.21. The van der Waals surface area contributed by atoms with E-state index in [9.17, 15) is 4.79 Å². The van der Waals surface area contributed by atoms with Crippen molar-refractivity contribution in [1.82, 2.24) is 4.90 Å². The van der Waals surface area contributed by atoms with E-state index in [1.807, 2.05) is 19.1 Å². The van der Waals surface area contributed by atoms with Gasteiger partial charge in [0.2, 0.25) is 0 Å². The molecular weight excluding hydrogens is 318 g/mol. The van der Waals surface area contributed by atoms with Crippen LogP contribution in [0.15, 0.2) is 40.8 Å². The van der Waals surface area contributed by atoms with Gasteiger partial charge in [-0.15, -0.1) is 0 Å². The molecule has 1 aromatic heterocycles. The molecule has 0 aliphatic rings. The second-order valence-electron chi connectivity index (χ2n) is 5.06. The van der Waals surface area contributed by atoms with Crippen LogP contribution in [0, 0.1) is 6.92 Å². The van der Waals surface area contributed by atoms with Crippen LogP contribution in [-0.2, 0) is 16.1 Å². The van der Waals surface area contributed by atoms with Gasteiger partial charge in [0.25, 0.3) is 5.91 Å². The maximum absolute atomic E-state index is 12.4. The molecule has 6 heteroatoms. The van der Waals surface area contributed by atoms with Gasteiger partial charge in [0.05, 0.1) is 13.2 Å². The molecule has 2 aromatic rings. The monoisotopic (exact) mass is 337 g/mol. The Balaban J connectivity index is 1.93. The van der Waals surface area contributed by atoms with E-state index in [2.05, 4.69) is 0 Å². The predicted molar refractivity (Wildman–Crippen MR) is 87.7 cm³/mol. The van der Waals surface area contributed by atoms with Gasteiger partial charge in [0, 0.05) is 18.7 Å². The first kappa shape index (κ1) is 17.4. The molecule has 0 bridgehead atoms. The van der Waals surface area contributed by atoms with Gasteiger partial charge >= 0.3 is 0 Å². The Morgan fingerprint density at radius 3 is 2.57 bits per heavy atom. The molecule has 124 valence electrons. The summed E-state index contributed by atoms with van der Waals surface area (Å²) in [5.74, 6) is 2.02. The first-order valence-electron chi connectivity index (χ1n) is 7.29. The maximum atomic E-state index is 12.4. The molecular formula is C17H20ClNO4. The van der Waals surface area contributed by atoms with E-state index in [1.54, 1.807) is 36.3 Å². The fourth-order valence-electron chi connectivity index (χ4n) is 2.02. The average molecular weight is 338 g/mol. The fourth-order valence-corrected chi connectivity index (χ4v) is 2.14. The zero-order chi connectivity index (χ0) is 16.7. The zero-order valence-corrected chi connectivity index (χ0v) is 14.0. The Labute approximate surface area is 140 Å². The summed E-state index contributed by atoms with van der Waals surface area (Å²) in [6.45, 7) is 3.13. The Morgan fingerprint density at radius 1 is 1.22 bits per heavy atom. The normalized spacial score (nSPS) is 10.6. The Kier molecular flexibility index (Phi) is 6.50. The van der Waals surface area contributed by atoms with Gasteiger partial charge in [-0.1, -0.05) is 11.6 Å². The number of amides is 1. The number of nitrogens with zero attached hydrogens (tertiary/aromatic N) is 1. The average Bonchev–Trinajstić information content (AvgIpc) is 2.95. The second kappa shape index (κ2) is 8.60. The SMILES string of the molecule is COCCN(Cc1ccc(C)o1)C(=O)COc1ccc(Cl)cc1. The van der Waals surface area contributed by atoms with Crippen molar-refractivity contribution in [1.29, 1.82) is 0 Å². The summed E-state index contributed by atoms with van der Waals surface area (Å²) < 4.78 is 16.1. The molecule has 23 heavy (non-hydrogen) atoms. The van der Waals surface area contributed by atoms with Crippen molar-refractivity contribution in [2.24, 2.45) is 0 Å². The molecule has 2 rings (SSSR count). The van der Waals surface area contributed by atoms with Gasteiger partial charge in [-0.3, -0.25) is 4.79 Å². The molecule has 0 fully saturated rings. The summed E-state index contributed by atoms with van der Waals surface area (Å²) >= 11 is 5.82. The lowest BCUT2D eigenvalue weighted by molar-refractivity contribution is -0.134. The summed E-state index contributed by atoms with van der Waals surface area (Å²) in [6.07, 6.45) is 0. The minimum absolute atomic E-state index is 0.0506. The van der Waals surface area contributed by atoms with E-state index in [0.717, 1.165) is 11.5 Å². The maximum Gasteiger partial charge on any atom is 0.260 e. The van der Waals surface area contributed by atoms with Gasteiger partial charge < -0.3 is 18.8 Å². The van der Waals surface area contributed by atoms with Crippen LogP contribution in [0.25, 0.3) is 0 Å². The van der Waals surface area contributed by atoms with E-state index in [1.165, 1.54) is 0 Å². The molecule has 0 spiro atoms. The predicted octanol–water partition coefficient (Wildman–Crippen LogP) is 3.30. The van der Waals surface area contributed by atoms with Gasteiger partial charge in [-0.25, -0.2) is 0 Å². The largest absolute Gasteiger partial charge is 0.484 e. The highest BCUT2D eigenvalue weighted by Crippen LogP contribution is 2.16. The van der Waals surface area contributed by atoms with E-state index < -0.39 is 0 Å². The summed E-state index contributed by atoms with van der Waals surface area (Å²) in [6, 6.07) is 10.6. The minimum Gasteiger partial charge on any atom is -0.484 e. The molecule has 5 nitrogen and oxygen atoms in total. The van der Waals surface area contributed by atoms with E-state index in [-0.39, 0.29) is 12.5 Å². The molecule has 0 radical (unpaired) electrons. The third kappa shape index (κ3) is 5.62. The van der Waals surface area contributed by atoms with Crippen LogP contribution in [0.3, 0.4) is 0 Å². The summed E-state index contributed by atoms with van der Waals surface area (Å²) in [4.78, 5) is 14.0. The summed E-state index contributed by atoms with van der Waals surface area (Å²) in [5, 5.41) is 0.624. The summed E-state index contributed by atoms with van der Waals surface area (Å²) in [7, 11) is 1.60. The molecule has 0 unspecified atom stereocenters. The fraction of sp³-hybridized carbons (Fsp3) is 0.353. The molecule has 0 atom stereocenters. The highest BCUT2D eigenvalue weighted by Gasteiger charge is 2.16. The number of halogens is 1. The smallest absolute Gasteiger partial charge is 0.260 e. The van der Waals surface area contributed by atoms with Crippen LogP contribution in [0.2, 0.25) is 5.02 Å². The van der Waals surface area contributed by atoms with E-state index >= 15 is 0 Å². The molecule has 0 N–H and O–H groups in total. The number of benzene rings is 1. The van der Waals surface area contributed by atoms with Crippen LogP contribution in [-0.4, -0.2) is 37.7 Å². The van der Waals surface area contributed by atoms with Gasteiger partial charge in [0.15, 0.2) is 6.61 Å². The van der Waals surface area contributed by atoms with Crippen LogP contribution in [0.4, 0.5) is 0 Å². The minimum atomic E-state index is -0.133. The lowest BCUT2D eigenvalue weighted by atomic mass is 10.3. The third-order valence-corrected chi connectivity index (χ3v) is 3.49. The van der Waals surface area contributed by atoms with Crippen LogP contribution < -0.4 is 4.74 Å². The Bertz CT molecular complexity index is 624. The number of furan rings is 1. The molecule has 0 aliphatic carbocycles. The Morgan fingerprint density at radius 2 is 1.96 bits per heavy atom. The second-order valence-corrected chi connectivity index (χ2v) is 5.50. The van der Waals surface area contributed by atoms with Crippen molar-refractivity contribution in [3.05, 3.63) is 52.9 Å². The molecule has 1 amide bonds. The highest BCUT2D eigenvalue weighted by molar-refractivity contribution is 6.30. The van der Waals surface area contributed by atoms with Crippen molar-refractivity contribution < 1.29 is 18.7 Å². The standard InChI is InChI=1S/C17H20ClNO4/c1-13-3-6-16(23-13)11-19(9-10-21-2)17(20)12-22-15-7-4-14(18)5-8-15/h3-8H,9-12H2,1-2H3. The van der Waals surface area contributed by atoms with Crippen LogP contribution in [0.1, 0.15) is 11.5 Å². The number of carbonyl (C=O) groups excluding carboxylic acids is 1. The van der Waals surface area contributed by atoms with Crippen molar-refractivity contribution in [2.45, 2.75) is 13.5 Å². The van der Waals surface area contributed by atoms with Gasteiger partial charge in [-0.2, -0.15) is 0 Å². The number of methoxy groups -OCH3 is 1. The number of hydrogen-bond acceptors (Lipinski definition) is 4. The third-order valence-electron chi connectivity index (χ3n) is 3.24. The van der Waals surface area contributed by atoms with E-state index in [0.29, 0.717) is 30.5 Å². The van der Waals surface area contributed by atoms with Crippen molar-refractivity contribution in [3.63, 3.8) is 0 Å². The molecule has 0 saturated heterocycles. The number of hydrogen-bond donors (Lipinski definition) is 0. The number of ether oxygens (including phenoxy) is 2. The number of rotatable bonds is 8. The first-order valence-corrected chi connectivity index (χ1v) is 7.66. The molecule has 0 aliphatic heterocycles. The first-order chi connectivity index (χ1) is 11.1. The van der Waals surface area contributed by atoms with Gasteiger partial charge in [-0.05, 0) is 43.3 Å². The van der Waals surface area contributed by atoms with Crippen molar-refractivity contribution in [2.75, 3.05) is 26.9 Å².